The number of halogens is 3. The van der Waals surface area contributed by atoms with Crippen molar-refractivity contribution in [2.75, 3.05) is 0 Å². The van der Waals surface area contributed by atoms with Crippen molar-refractivity contribution in [3.63, 3.8) is 0 Å². The number of rotatable bonds is 5. The number of aliphatic hydroxyl groups is 1. The highest BCUT2D eigenvalue weighted by Crippen LogP contribution is 2.36. The van der Waals surface area contributed by atoms with Gasteiger partial charge in [0.05, 0.1) is 29.9 Å². The lowest BCUT2D eigenvalue weighted by atomic mass is 9.86. The lowest BCUT2D eigenvalue weighted by molar-refractivity contribution is -0.150. The first-order valence-corrected chi connectivity index (χ1v) is 11.5. The van der Waals surface area contributed by atoms with Crippen molar-refractivity contribution in [1.82, 2.24) is 15.3 Å². The molecule has 1 amide bonds. The summed E-state index contributed by atoms with van der Waals surface area (Å²) in [6.45, 7) is 0. The van der Waals surface area contributed by atoms with Crippen LogP contribution in [0.2, 0.25) is 0 Å². The number of hydrogen-bond donors (Lipinski definition) is 2. The fourth-order valence-corrected chi connectivity index (χ4v) is 4.79. The first kappa shape index (κ1) is 24.1. The summed E-state index contributed by atoms with van der Waals surface area (Å²) in [5.74, 6) is -3.59. The number of nitrogens with one attached hydrogen (secondary N) is 1. The first-order valence-electron chi connectivity index (χ1n) is 11.5. The van der Waals surface area contributed by atoms with Crippen LogP contribution in [0.3, 0.4) is 0 Å². The van der Waals surface area contributed by atoms with E-state index < -0.39 is 52.7 Å². The Labute approximate surface area is 204 Å². The number of piperidine rings is 1. The van der Waals surface area contributed by atoms with E-state index in [1.807, 2.05) is 0 Å². The summed E-state index contributed by atoms with van der Waals surface area (Å²) in [7, 11) is 0. The van der Waals surface area contributed by atoms with Crippen LogP contribution in [0.5, 0.6) is 0 Å². The van der Waals surface area contributed by atoms with Crippen molar-refractivity contribution < 1.29 is 32.6 Å². The average Bonchev–Trinajstić information content (AvgIpc) is 2.85. The molecule has 0 radical (unpaired) electrons. The quantitative estimate of drug-likeness (QED) is 0.524. The molecule has 2 saturated heterocycles. The highest BCUT2D eigenvalue weighted by molar-refractivity contribution is 5.96. The molecule has 2 fully saturated rings. The summed E-state index contributed by atoms with van der Waals surface area (Å²) >= 11 is 0. The summed E-state index contributed by atoms with van der Waals surface area (Å²) < 4.78 is 49.1. The molecule has 2 aliphatic rings. The minimum atomic E-state index is -0.995. The van der Waals surface area contributed by atoms with Crippen LogP contribution in [0, 0.1) is 17.5 Å². The van der Waals surface area contributed by atoms with Gasteiger partial charge in [0.25, 0.3) is 0 Å². The van der Waals surface area contributed by atoms with Gasteiger partial charge in [-0.25, -0.2) is 18.2 Å². The summed E-state index contributed by atoms with van der Waals surface area (Å²) in [5, 5.41) is 13.4. The molecular weight excluding hydrogens is 475 g/mol. The molecule has 186 valence electrons. The standard InChI is InChI=1S/C26H22F3N3O4/c27-15-2-1-3-16(28)24(15)25-17(29)4-5-18(31-25)19(33)10-13-12-30-9-8-14(13)22-11-20(34)26-21(36-22)6-7-23(35)32-26/h1-5,8-9,12,20-22,26,34H,6-7,10-11H2,(H,32,35)/t20-,21-,22-,26-/m1/s1. The second kappa shape index (κ2) is 9.79. The van der Waals surface area contributed by atoms with Gasteiger partial charge >= 0.3 is 0 Å². The number of nitrogens with zero attached hydrogens (tertiary/aromatic N) is 2. The van der Waals surface area contributed by atoms with Gasteiger partial charge in [0.15, 0.2) is 5.78 Å². The van der Waals surface area contributed by atoms with Crippen LogP contribution in [0.4, 0.5) is 13.2 Å². The van der Waals surface area contributed by atoms with Crippen molar-refractivity contribution >= 4 is 11.7 Å². The van der Waals surface area contributed by atoms with Crippen LogP contribution in [-0.4, -0.2) is 45.0 Å². The maximum atomic E-state index is 14.4. The Morgan fingerprint density at radius 3 is 2.67 bits per heavy atom. The van der Waals surface area contributed by atoms with Gasteiger partial charge in [-0.05, 0) is 47.9 Å². The maximum absolute atomic E-state index is 14.4. The summed E-state index contributed by atoms with van der Waals surface area (Å²) in [6, 6.07) is 6.43. The highest BCUT2D eigenvalue weighted by Gasteiger charge is 2.42. The van der Waals surface area contributed by atoms with Crippen LogP contribution >= 0.6 is 0 Å². The Bertz CT molecular complexity index is 1320. The molecule has 10 heteroatoms. The smallest absolute Gasteiger partial charge is 0.220 e. The number of amides is 1. The summed E-state index contributed by atoms with van der Waals surface area (Å²) in [4.78, 5) is 32.8. The summed E-state index contributed by atoms with van der Waals surface area (Å²) in [5.41, 5.74) is -0.237. The van der Waals surface area contributed by atoms with E-state index in [-0.39, 0.29) is 30.5 Å². The van der Waals surface area contributed by atoms with Crippen molar-refractivity contribution in [3.8, 4) is 11.3 Å². The Kier molecular flexibility index (Phi) is 6.55. The van der Waals surface area contributed by atoms with Crippen molar-refractivity contribution in [2.45, 2.75) is 50.0 Å². The molecule has 5 rings (SSSR count). The fourth-order valence-electron chi connectivity index (χ4n) is 4.79. The van der Waals surface area contributed by atoms with Crippen LogP contribution in [0.15, 0.2) is 48.8 Å². The number of fused-ring (bicyclic) bond motifs is 1. The van der Waals surface area contributed by atoms with Crippen LogP contribution in [0.25, 0.3) is 11.3 Å². The van der Waals surface area contributed by atoms with E-state index in [1.54, 1.807) is 12.3 Å². The van der Waals surface area contributed by atoms with E-state index in [9.17, 15) is 27.9 Å². The molecule has 0 saturated carbocycles. The van der Waals surface area contributed by atoms with E-state index in [0.717, 1.165) is 30.3 Å². The molecule has 0 spiro atoms. The molecule has 7 nitrogen and oxygen atoms in total. The van der Waals surface area contributed by atoms with Gasteiger partial charge in [-0.2, -0.15) is 0 Å². The molecule has 36 heavy (non-hydrogen) atoms. The summed E-state index contributed by atoms with van der Waals surface area (Å²) in [6.07, 6.45) is 2.10. The van der Waals surface area contributed by atoms with Crippen molar-refractivity contribution in [2.24, 2.45) is 0 Å². The van der Waals surface area contributed by atoms with E-state index in [0.29, 0.717) is 24.0 Å². The molecule has 4 heterocycles. The lowest BCUT2D eigenvalue weighted by Crippen LogP contribution is -2.58. The Balaban J connectivity index is 1.40. The number of aromatic nitrogens is 2. The number of pyridine rings is 2. The van der Waals surface area contributed by atoms with Gasteiger partial charge in [0, 0.05) is 31.7 Å². The van der Waals surface area contributed by atoms with Crippen LogP contribution < -0.4 is 5.32 Å². The number of Topliss-reactive ketones (excluding diaryl/α,β-unsaturated/α-hetero) is 1. The second-order valence-corrected chi connectivity index (χ2v) is 8.90. The number of carbonyl (C=O) groups is 2. The normalized spacial score (nSPS) is 23.6. The molecule has 0 unspecified atom stereocenters. The zero-order chi connectivity index (χ0) is 25.4. The van der Waals surface area contributed by atoms with Gasteiger partial charge in [-0.3, -0.25) is 14.6 Å². The third-order valence-electron chi connectivity index (χ3n) is 6.56. The maximum Gasteiger partial charge on any atom is 0.220 e. The molecule has 0 aliphatic carbocycles. The molecule has 4 atom stereocenters. The zero-order valence-corrected chi connectivity index (χ0v) is 19.0. The average molecular weight is 497 g/mol. The van der Waals surface area contributed by atoms with E-state index >= 15 is 0 Å². The van der Waals surface area contributed by atoms with Gasteiger partial charge in [-0.15, -0.1) is 0 Å². The molecule has 1 aromatic carbocycles. The number of hydrogen-bond acceptors (Lipinski definition) is 6. The third kappa shape index (κ3) is 4.61. The van der Waals surface area contributed by atoms with Gasteiger partial charge in [-0.1, -0.05) is 6.07 Å². The van der Waals surface area contributed by atoms with Crippen LogP contribution in [0.1, 0.15) is 47.0 Å². The fraction of sp³-hybridized carbons (Fsp3) is 0.308. The van der Waals surface area contributed by atoms with Gasteiger partial charge in [0.2, 0.25) is 5.91 Å². The second-order valence-electron chi connectivity index (χ2n) is 8.90. The monoisotopic (exact) mass is 497 g/mol. The van der Waals surface area contributed by atoms with Gasteiger partial charge in [0.1, 0.15) is 28.8 Å². The predicted octanol–water partition coefficient (Wildman–Crippen LogP) is 3.46. The van der Waals surface area contributed by atoms with E-state index in [1.165, 1.54) is 6.20 Å². The van der Waals surface area contributed by atoms with Gasteiger partial charge < -0.3 is 15.2 Å². The molecule has 2 aromatic heterocycles. The first-order chi connectivity index (χ1) is 17.3. The number of benzene rings is 1. The Morgan fingerprint density at radius 1 is 1.11 bits per heavy atom. The Morgan fingerprint density at radius 2 is 1.89 bits per heavy atom. The lowest BCUT2D eigenvalue weighted by Gasteiger charge is -2.43. The molecule has 0 bridgehead atoms. The van der Waals surface area contributed by atoms with E-state index in [4.69, 9.17) is 4.74 Å². The minimum Gasteiger partial charge on any atom is -0.391 e. The van der Waals surface area contributed by atoms with Crippen LogP contribution in [-0.2, 0) is 16.0 Å². The van der Waals surface area contributed by atoms with Crippen molar-refractivity contribution in [1.29, 1.82) is 0 Å². The molecule has 2 aliphatic heterocycles. The predicted molar refractivity (Wildman–Crippen MR) is 121 cm³/mol. The topological polar surface area (TPSA) is 101 Å². The largest absolute Gasteiger partial charge is 0.391 e. The third-order valence-corrected chi connectivity index (χ3v) is 6.56. The number of aliphatic hydroxyl groups excluding tert-OH is 1. The SMILES string of the molecule is O=C1CC[C@H]2O[C@@H](c3ccncc3CC(=O)c3ccc(F)c(-c4c(F)cccc4F)n3)C[C@@H](O)[C@H]2N1. The number of carbonyl (C=O) groups excluding carboxylic acids is 2. The number of ketones is 1. The number of ether oxygens (including phenoxy) is 1. The van der Waals surface area contributed by atoms with E-state index in [2.05, 4.69) is 15.3 Å². The minimum absolute atomic E-state index is 0.131. The Hall–Kier alpha value is -3.63. The highest BCUT2D eigenvalue weighted by atomic mass is 19.1. The molecular formula is C26H22F3N3O4. The molecule has 3 aromatic rings. The van der Waals surface area contributed by atoms with Crippen molar-refractivity contribution in [3.05, 3.63) is 83.1 Å². The molecule has 2 N–H and O–H groups in total. The zero-order valence-electron chi connectivity index (χ0n) is 19.0.